The van der Waals surface area contributed by atoms with Gasteiger partial charge in [0.2, 0.25) is 5.95 Å². The largest absolute Gasteiger partial charge is 0.494 e. The van der Waals surface area contributed by atoms with Gasteiger partial charge in [0, 0.05) is 17.2 Å². The van der Waals surface area contributed by atoms with Crippen molar-refractivity contribution in [1.82, 2.24) is 24.8 Å². The number of rotatable bonds is 3. The Hall–Kier alpha value is -3.61. The van der Waals surface area contributed by atoms with Crippen LogP contribution in [-0.2, 0) is 6.42 Å². The summed E-state index contributed by atoms with van der Waals surface area (Å²) in [7, 11) is 1.63. The molecule has 2 aromatic carbocycles. The summed E-state index contributed by atoms with van der Waals surface area (Å²) in [5.74, 6) is 1.04. The normalized spacial score (nSPS) is 11.6. The minimum atomic E-state index is 0.341. The molecule has 0 amide bonds. The molecule has 0 bridgehead atoms. The summed E-state index contributed by atoms with van der Waals surface area (Å²) in [5.41, 5.74) is 10.9. The molecular formula is C19H16N6O. The Morgan fingerprint density at radius 2 is 2.12 bits per heavy atom. The van der Waals surface area contributed by atoms with E-state index < -0.39 is 0 Å². The van der Waals surface area contributed by atoms with Gasteiger partial charge in [-0.15, -0.1) is 0 Å². The molecule has 0 spiro atoms. The third-order valence-electron chi connectivity index (χ3n) is 4.59. The van der Waals surface area contributed by atoms with Gasteiger partial charge in [-0.3, -0.25) is 5.10 Å². The van der Waals surface area contributed by atoms with Gasteiger partial charge in [-0.2, -0.15) is 14.7 Å². The predicted octanol–water partition coefficient (Wildman–Crippen LogP) is 2.94. The average molecular weight is 344 g/mol. The van der Waals surface area contributed by atoms with Gasteiger partial charge < -0.3 is 10.5 Å². The monoisotopic (exact) mass is 344 g/mol. The molecule has 0 aliphatic rings. The highest BCUT2D eigenvalue weighted by molar-refractivity contribution is 5.97. The minimum absolute atomic E-state index is 0.341. The number of anilines is 1. The average Bonchev–Trinajstić information content (AvgIpc) is 3.28. The number of benzene rings is 2. The number of nitrogen functional groups attached to an aromatic ring is 1. The van der Waals surface area contributed by atoms with Gasteiger partial charge in [0.25, 0.3) is 0 Å². The van der Waals surface area contributed by atoms with Gasteiger partial charge in [-0.05, 0) is 29.8 Å². The van der Waals surface area contributed by atoms with Crippen molar-refractivity contribution in [2.45, 2.75) is 6.42 Å². The van der Waals surface area contributed by atoms with Crippen molar-refractivity contribution in [2.75, 3.05) is 12.8 Å². The lowest BCUT2D eigenvalue weighted by atomic mass is 10.1. The van der Waals surface area contributed by atoms with E-state index in [4.69, 9.17) is 10.5 Å². The Bertz CT molecular complexity index is 1270. The zero-order valence-corrected chi connectivity index (χ0v) is 14.1. The topological polar surface area (TPSA) is 94.1 Å². The van der Waals surface area contributed by atoms with Gasteiger partial charge in [0.15, 0.2) is 0 Å². The van der Waals surface area contributed by atoms with Crippen LogP contribution in [0.15, 0.2) is 48.7 Å². The molecule has 26 heavy (non-hydrogen) atoms. The molecule has 0 radical (unpaired) electrons. The van der Waals surface area contributed by atoms with E-state index in [1.807, 2.05) is 30.5 Å². The summed E-state index contributed by atoms with van der Waals surface area (Å²) < 4.78 is 7.10. The summed E-state index contributed by atoms with van der Waals surface area (Å²) >= 11 is 0. The van der Waals surface area contributed by atoms with Crippen LogP contribution in [0.1, 0.15) is 11.3 Å². The number of nitrogens with two attached hydrogens (primary N) is 1. The van der Waals surface area contributed by atoms with Crippen molar-refractivity contribution in [2.24, 2.45) is 0 Å². The van der Waals surface area contributed by atoms with Gasteiger partial charge in [0.05, 0.1) is 30.0 Å². The van der Waals surface area contributed by atoms with Crippen molar-refractivity contribution >= 4 is 33.3 Å². The number of methoxy groups -OCH3 is 1. The molecule has 0 fully saturated rings. The van der Waals surface area contributed by atoms with E-state index in [1.165, 1.54) is 0 Å². The fraction of sp³-hybridized carbons (Fsp3) is 0.105. The quantitative estimate of drug-likeness (QED) is 0.525. The number of aromatic nitrogens is 5. The Morgan fingerprint density at radius 3 is 3.00 bits per heavy atom. The Labute approximate surface area is 148 Å². The van der Waals surface area contributed by atoms with E-state index in [9.17, 15) is 0 Å². The van der Waals surface area contributed by atoms with Gasteiger partial charge in [-0.1, -0.05) is 18.2 Å². The van der Waals surface area contributed by atoms with Gasteiger partial charge in [0.1, 0.15) is 11.3 Å². The zero-order valence-electron chi connectivity index (χ0n) is 14.1. The fourth-order valence-corrected chi connectivity index (χ4v) is 3.37. The molecule has 0 unspecified atom stereocenters. The Morgan fingerprint density at radius 1 is 1.19 bits per heavy atom. The smallest absolute Gasteiger partial charge is 0.222 e. The van der Waals surface area contributed by atoms with Crippen LogP contribution in [0.4, 0.5) is 5.95 Å². The highest BCUT2D eigenvalue weighted by Gasteiger charge is 2.13. The van der Waals surface area contributed by atoms with Crippen LogP contribution in [0, 0.1) is 0 Å². The maximum atomic E-state index is 6.13. The molecule has 0 aliphatic carbocycles. The van der Waals surface area contributed by atoms with Crippen LogP contribution in [-0.4, -0.2) is 31.9 Å². The predicted molar refractivity (Wildman–Crippen MR) is 100 cm³/mol. The minimum Gasteiger partial charge on any atom is -0.494 e. The third-order valence-corrected chi connectivity index (χ3v) is 4.59. The second-order valence-electron chi connectivity index (χ2n) is 6.23. The molecule has 0 aliphatic heterocycles. The lowest BCUT2D eigenvalue weighted by Crippen LogP contribution is -2.03. The third kappa shape index (κ3) is 2.17. The first-order valence-corrected chi connectivity index (χ1v) is 8.26. The second-order valence-corrected chi connectivity index (χ2v) is 6.23. The molecule has 7 nitrogen and oxygen atoms in total. The van der Waals surface area contributed by atoms with Crippen LogP contribution in [0.2, 0.25) is 0 Å². The van der Waals surface area contributed by atoms with E-state index in [2.05, 4.69) is 38.5 Å². The molecule has 0 saturated heterocycles. The Balaban J connectivity index is 1.64. The molecule has 3 aromatic heterocycles. The number of aromatic amines is 1. The van der Waals surface area contributed by atoms with Crippen LogP contribution >= 0.6 is 0 Å². The standard InChI is InChI=1S/C19H16N6O/c1-26-17-4-2-3-14-16-9-13(24-25(16)19(20)22-18(14)17)8-11-5-6-15-12(7-11)10-21-23-15/h2-7,9-10H,8H2,1H3,(H2,20,22)(H,21,23). The lowest BCUT2D eigenvalue weighted by Gasteiger charge is -2.07. The molecule has 5 rings (SSSR count). The summed E-state index contributed by atoms with van der Waals surface area (Å²) in [4.78, 5) is 4.47. The van der Waals surface area contributed by atoms with E-state index in [1.54, 1.807) is 11.6 Å². The summed E-state index contributed by atoms with van der Waals surface area (Å²) in [6.07, 6.45) is 2.53. The number of nitrogens with zero attached hydrogens (tertiary/aromatic N) is 4. The van der Waals surface area contributed by atoms with E-state index in [0.29, 0.717) is 18.1 Å². The summed E-state index contributed by atoms with van der Waals surface area (Å²) in [6, 6.07) is 14.1. The molecule has 128 valence electrons. The zero-order chi connectivity index (χ0) is 17.7. The number of nitrogens with one attached hydrogen (secondary N) is 1. The fourth-order valence-electron chi connectivity index (χ4n) is 3.37. The van der Waals surface area contributed by atoms with E-state index >= 15 is 0 Å². The molecule has 3 N–H and O–H groups in total. The summed E-state index contributed by atoms with van der Waals surface area (Å²) in [5, 5.41) is 13.7. The number of hydrogen-bond acceptors (Lipinski definition) is 5. The highest BCUT2D eigenvalue weighted by Crippen LogP contribution is 2.29. The first-order chi connectivity index (χ1) is 12.7. The highest BCUT2D eigenvalue weighted by atomic mass is 16.5. The number of para-hydroxylation sites is 1. The summed E-state index contributed by atoms with van der Waals surface area (Å²) in [6.45, 7) is 0. The van der Waals surface area contributed by atoms with E-state index in [0.717, 1.165) is 38.6 Å². The van der Waals surface area contributed by atoms with Crippen molar-refractivity contribution in [3.8, 4) is 5.75 Å². The second kappa shape index (κ2) is 5.45. The Kier molecular flexibility index (Phi) is 3.08. The first-order valence-electron chi connectivity index (χ1n) is 8.26. The number of fused-ring (bicyclic) bond motifs is 4. The first kappa shape index (κ1) is 14.7. The maximum absolute atomic E-state index is 6.13. The van der Waals surface area contributed by atoms with Crippen molar-refractivity contribution in [3.05, 3.63) is 59.9 Å². The molecule has 7 heteroatoms. The van der Waals surface area contributed by atoms with E-state index in [-0.39, 0.29) is 0 Å². The molecule has 0 atom stereocenters. The number of hydrogen-bond donors (Lipinski definition) is 2. The van der Waals surface area contributed by atoms with Crippen molar-refractivity contribution < 1.29 is 4.74 Å². The molecular weight excluding hydrogens is 328 g/mol. The number of ether oxygens (including phenoxy) is 1. The van der Waals surface area contributed by atoms with Crippen LogP contribution in [0.3, 0.4) is 0 Å². The van der Waals surface area contributed by atoms with Crippen LogP contribution in [0.25, 0.3) is 27.3 Å². The molecule has 5 aromatic rings. The van der Waals surface area contributed by atoms with Gasteiger partial charge >= 0.3 is 0 Å². The van der Waals surface area contributed by atoms with Crippen LogP contribution in [0.5, 0.6) is 5.75 Å². The van der Waals surface area contributed by atoms with Gasteiger partial charge in [-0.25, -0.2) is 4.98 Å². The SMILES string of the molecule is COc1cccc2c1nc(N)n1nc(Cc3ccc4[nH]ncc4c3)cc21. The molecule has 0 saturated carbocycles. The lowest BCUT2D eigenvalue weighted by molar-refractivity contribution is 0.419. The maximum Gasteiger partial charge on any atom is 0.222 e. The van der Waals surface area contributed by atoms with Crippen LogP contribution < -0.4 is 10.5 Å². The van der Waals surface area contributed by atoms with Crippen molar-refractivity contribution in [1.29, 1.82) is 0 Å². The molecule has 3 heterocycles. The number of H-pyrrole nitrogens is 1. The van der Waals surface area contributed by atoms with Crippen molar-refractivity contribution in [3.63, 3.8) is 0 Å².